The zero-order valence-electron chi connectivity index (χ0n) is 13.3. The first kappa shape index (κ1) is 18.1. The zero-order chi connectivity index (χ0) is 17.4. The number of thioether (sulfide) groups is 1. The second kappa shape index (κ2) is 9.15. The van der Waals surface area contributed by atoms with Gasteiger partial charge in [-0.05, 0) is 30.7 Å². The number of hydrogen-bond donors (Lipinski definition) is 2. The Bertz CT molecular complexity index is 780. The number of benzene rings is 1. The third-order valence-corrected chi connectivity index (χ3v) is 4.08. The highest BCUT2D eigenvalue weighted by Crippen LogP contribution is 2.20. The SMILES string of the molecule is C=C/C=C(\C=C/C)c1cnc(SCC(=O)Nc2cccc(Cl)c2)[nH]1. The number of H-pyrrole nitrogens is 1. The molecule has 0 aliphatic carbocycles. The first-order chi connectivity index (χ1) is 11.6. The molecule has 0 aliphatic rings. The highest BCUT2D eigenvalue weighted by molar-refractivity contribution is 7.99. The lowest BCUT2D eigenvalue weighted by Crippen LogP contribution is -2.14. The molecule has 0 bridgehead atoms. The highest BCUT2D eigenvalue weighted by atomic mass is 35.5. The minimum atomic E-state index is -0.115. The van der Waals surface area contributed by atoms with E-state index in [1.807, 2.05) is 25.2 Å². The van der Waals surface area contributed by atoms with E-state index in [9.17, 15) is 4.79 Å². The van der Waals surface area contributed by atoms with Gasteiger partial charge in [-0.15, -0.1) is 0 Å². The summed E-state index contributed by atoms with van der Waals surface area (Å²) in [6, 6.07) is 7.05. The van der Waals surface area contributed by atoms with Gasteiger partial charge in [0.25, 0.3) is 0 Å². The fraction of sp³-hybridized carbons (Fsp3) is 0.111. The number of anilines is 1. The molecule has 0 aliphatic heterocycles. The number of nitrogens with zero attached hydrogens (tertiary/aromatic N) is 1. The first-order valence-electron chi connectivity index (χ1n) is 7.31. The predicted molar refractivity (Wildman–Crippen MR) is 102 cm³/mol. The van der Waals surface area contributed by atoms with Gasteiger partial charge in [-0.3, -0.25) is 4.79 Å². The van der Waals surface area contributed by atoms with Crippen LogP contribution >= 0.6 is 23.4 Å². The largest absolute Gasteiger partial charge is 0.333 e. The zero-order valence-corrected chi connectivity index (χ0v) is 14.8. The molecule has 1 amide bonds. The van der Waals surface area contributed by atoms with E-state index in [1.165, 1.54) is 11.8 Å². The molecule has 1 aromatic carbocycles. The molecular weight excluding hydrogens is 342 g/mol. The Morgan fingerprint density at radius 2 is 2.33 bits per heavy atom. The molecule has 2 N–H and O–H groups in total. The molecule has 24 heavy (non-hydrogen) atoms. The van der Waals surface area contributed by atoms with E-state index in [0.29, 0.717) is 15.9 Å². The second-order valence-electron chi connectivity index (χ2n) is 4.81. The van der Waals surface area contributed by atoms with Gasteiger partial charge in [0.2, 0.25) is 5.91 Å². The van der Waals surface area contributed by atoms with Crippen LogP contribution in [-0.4, -0.2) is 21.6 Å². The summed E-state index contributed by atoms with van der Waals surface area (Å²) in [4.78, 5) is 19.5. The van der Waals surface area contributed by atoms with E-state index >= 15 is 0 Å². The number of carbonyl (C=O) groups is 1. The Kier molecular flexibility index (Phi) is 6.90. The molecule has 0 saturated carbocycles. The number of aromatic amines is 1. The maximum absolute atomic E-state index is 12.0. The van der Waals surface area contributed by atoms with E-state index in [4.69, 9.17) is 11.6 Å². The Balaban J connectivity index is 1.94. The summed E-state index contributed by atoms with van der Waals surface area (Å²) in [6.45, 7) is 5.66. The molecule has 0 fully saturated rings. The molecule has 2 aromatic rings. The summed E-state index contributed by atoms with van der Waals surface area (Å²) in [5, 5.41) is 4.07. The van der Waals surface area contributed by atoms with Gasteiger partial charge in [0.15, 0.2) is 5.16 Å². The van der Waals surface area contributed by atoms with Gasteiger partial charge in [-0.2, -0.15) is 0 Å². The molecule has 1 aromatic heterocycles. The van der Waals surface area contributed by atoms with Gasteiger partial charge in [0.1, 0.15) is 0 Å². The van der Waals surface area contributed by atoms with Crippen LogP contribution in [0.15, 0.2) is 66.5 Å². The topological polar surface area (TPSA) is 57.8 Å². The summed E-state index contributed by atoms with van der Waals surface area (Å²) in [5.74, 6) is 0.138. The number of aromatic nitrogens is 2. The van der Waals surface area contributed by atoms with Crippen LogP contribution in [0.4, 0.5) is 5.69 Å². The van der Waals surface area contributed by atoms with Crippen molar-refractivity contribution in [3.05, 3.63) is 72.1 Å². The number of allylic oxidation sites excluding steroid dienone is 5. The van der Waals surface area contributed by atoms with Crippen LogP contribution in [0.3, 0.4) is 0 Å². The molecule has 0 saturated heterocycles. The van der Waals surface area contributed by atoms with Gasteiger partial charge in [0.05, 0.1) is 17.6 Å². The molecular formula is C18H18ClN3OS. The molecule has 2 rings (SSSR count). The molecule has 0 spiro atoms. The van der Waals surface area contributed by atoms with Crippen molar-refractivity contribution in [2.24, 2.45) is 0 Å². The lowest BCUT2D eigenvalue weighted by atomic mass is 10.2. The molecule has 0 unspecified atom stereocenters. The Morgan fingerprint density at radius 3 is 3.04 bits per heavy atom. The van der Waals surface area contributed by atoms with Gasteiger partial charge < -0.3 is 10.3 Å². The Morgan fingerprint density at radius 1 is 1.50 bits per heavy atom. The van der Waals surface area contributed by atoms with Crippen LogP contribution in [-0.2, 0) is 4.79 Å². The maximum atomic E-state index is 12.0. The van der Waals surface area contributed by atoms with Crippen LogP contribution in [0.5, 0.6) is 0 Å². The van der Waals surface area contributed by atoms with Crippen molar-refractivity contribution in [1.82, 2.24) is 9.97 Å². The quantitative estimate of drug-likeness (QED) is 0.543. The summed E-state index contributed by atoms with van der Waals surface area (Å²) >= 11 is 7.23. The number of halogens is 1. The van der Waals surface area contributed by atoms with Crippen molar-refractivity contribution in [2.75, 3.05) is 11.1 Å². The van der Waals surface area contributed by atoms with Crippen molar-refractivity contribution in [3.8, 4) is 0 Å². The van der Waals surface area contributed by atoms with Crippen molar-refractivity contribution in [1.29, 1.82) is 0 Å². The minimum absolute atomic E-state index is 0.115. The lowest BCUT2D eigenvalue weighted by molar-refractivity contribution is -0.113. The number of rotatable bonds is 7. The number of imidazole rings is 1. The normalized spacial score (nSPS) is 11.7. The van der Waals surface area contributed by atoms with Gasteiger partial charge in [-0.25, -0.2) is 4.98 Å². The van der Waals surface area contributed by atoms with Crippen molar-refractivity contribution in [3.63, 3.8) is 0 Å². The highest BCUT2D eigenvalue weighted by Gasteiger charge is 2.08. The average Bonchev–Trinajstić information content (AvgIpc) is 3.02. The van der Waals surface area contributed by atoms with Crippen molar-refractivity contribution >= 4 is 40.5 Å². The number of carbonyl (C=O) groups excluding carboxylic acids is 1. The maximum Gasteiger partial charge on any atom is 0.234 e. The number of nitrogens with one attached hydrogen (secondary N) is 2. The summed E-state index contributed by atoms with van der Waals surface area (Å²) in [5.41, 5.74) is 2.54. The molecule has 1 heterocycles. The number of amides is 1. The van der Waals surface area contributed by atoms with E-state index in [-0.39, 0.29) is 11.7 Å². The van der Waals surface area contributed by atoms with Crippen LogP contribution in [0.2, 0.25) is 5.02 Å². The van der Waals surface area contributed by atoms with E-state index in [1.54, 1.807) is 36.5 Å². The Labute approximate surface area is 150 Å². The van der Waals surface area contributed by atoms with E-state index in [0.717, 1.165) is 11.3 Å². The summed E-state index contributed by atoms with van der Waals surface area (Å²) in [7, 11) is 0. The van der Waals surface area contributed by atoms with Crippen LogP contribution in [0.1, 0.15) is 12.6 Å². The van der Waals surface area contributed by atoms with Crippen molar-refractivity contribution in [2.45, 2.75) is 12.1 Å². The lowest BCUT2D eigenvalue weighted by Gasteiger charge is -2.04. The monoisotopic (exact) mass is 359 g/mol. The van der Waals surface area contributed by atoms with Crippen molar-refractivity contribution < 1.29 is 4.79 Å². The van der Waals surface area contributed by atoms with Gasteiger partial charge >= 0.3 is 0 Å². The van der Waals surface area contributed by atoms with Gasteiger partial charge in [-0.1, -0.05) is 60.3 Å². The van der Waals surface area contributed by atoms with Gasteiger partial charge in [0, 0.05) is 10.7 Å². The van der Waals surface area contributed by atoms with Crippen LogP contribution in [0, 0.1) is 0 Å². The summed E-state index contributed by atoms with van der Waals surface area (Å²) < 4.78 is 0. The molecule has 4 nitrogen and oxygen atoms in total. The third-order valence-electron chi connectivity index (χ3n) is 2.96. The number of hydrogen-bond acceptors (Lipinski definition) is 3. The summed E-state index contributed by atoms with van der Waals surface area (Å²) in [6.07, 6.45) is 9.28. The molecule has 0 atom stereocenters. The standard InChI is InChI=1S/C18H18ClN3OS/c1-3-6-13(7-4-2)16-11-20-18(22-16)24-12-17(23)21-15-9-5-8-14(19)10-15/h3-11H,1,12H2,2H3,(H,20,22)(H,21,23)/b7-4-,13-6+. The average molecular weight is 360 g/mol. The minimum Gasteiger partial charge on any atom is -0.333 e. The molecule has 0 radical (unpaired) electrons. The molecule has 124 valence electrons. The Hall–Kier alpha value is -2.24. The molecule has 6 heteroatoms. The van der Waals surface area contributed by atoms with E-state index < -0.39 is 0 Å². The smallest absolute Gasteiger partial charge is 0.234 e. The van der Waals surface area contributed by atoms with E-state index in [2.05, 4.69) is 21.9 Å². The van der Waals surface area contributed by atoms with Crippen LogP contribution < -0.4 is 5.32 Å². The fourth-order valence-electron chi connectivity index (χ4n) is 1.96. The third kappa shape index (κ3) is 5.44. The second-order valence-corrected chi connectivity index (χ2v) is 6.21. The first-order valence-corrected chi connectivity index (χ1v) is 8.67. The predicted octanol–water partition coefficient (Wildman–Crippen LogP) is 4.94. The van der Waals surface area contributed by atoms with Crippen LogP contribution in [0.25, 0.3) is 5.57 Å². The fourth-order valence-corrected chi connectivity index (χ4v) is 2.80.